The molecule has 1 nitrogen and oxygen atoms in total. The second-order valence-electron chi connectivity index (χ2n) is 7.12. The summed E-state index contributed by atoms with van der Waals surface area (Å²) < 4.78 is 0. The van der Waals surface area contributed by atoms with Gasteiger partial charge in [0.05, 0.1) is 0 Å². The Morgan fingerprint density at radius 2 is 1.18 bits per heavy atom. The Bertz CT molecular complexity index is 236. The quantitative estimate of drug-likeness (QED) is 0.669. The van der Waals surface area contributed by atoms with Gasteiger partial charge in [-0.05, 0) is 51.4 Å². The minimum Gasteiger partial charge on any atom is -0.229 e. The van der Waals surface area contributed by atoms with E-state index in [1.165, 1.54) is 51.4 Å². The van der Waals surface area contributed by atoms with Crippen LogP contribution >= 0.6 is 0 Å². The van der Waals surface area contributed by atoms with Gasteiger partial charge in [0.15, 0.2) is 0 Å². The Labute approximate surface area is 108 Å². The van der Waals surface area contributed by atoms with Crippen LogP contribution < -0.4 is 5.32 Å². The van der Waals surface area contributed by atoms with Gasteiger partial charge >= 0.3 is 0 Å². The van der Waals surface area contributed by atoms with E-state index in [-0.39, 0.29) is 11.1 Å². The highest BCUT2D eigenvalue weighted by atomic mass is 15.1. The van der Waals surface area contributed by atoms with Crippen LogP contribution in [0.4, 0.5) is 0 Å². The normalized spacial score (nSPS) is 48.0. The van der Waals surface area contributed by atoms with E-state index in [2.05, 4.69) is 27.7 Å². The van der Waals surface area contributed by atoms with Gasteiger partial charge < -0.3 is 0 Å². The molecule has 0 amide bonds. The minimum atomic E-state index is 0.262. The first-order valence-electron chi connectivity index (χ1n) is 7.70. The lowest BCUT2D eigenvalue weighted by Crippen LogP contribution is -2.57. The molecule has 4 atom stereocenters. The summed E-state index contributed by atoms with van der Waals surface area (Å²) in [6.45, 7) is 9.67. The third-order valence-corrected chi connectivity index (χ3v) is 5.77. The first kappa shape index (κ1) is 13.4. The van der Waals surface area contributed by atoms with Gasteiger partial charge in [0.2, 0.25) is 0 Å². The molecule has 0 spiro atoms. The molecule has 0 aromatic heterocycles. The monoisotopic (exact) mass is 236 g/mol. The average molecular weight is 236 g/mol. The maximum absolute atomic E-state index is 5.42. The molecule has 4 unspecified atom stereocenters. The van der Waals surface area contributed by atoms with E-state index >= 15 is 0 Å². The molecular formula is C16H30N. The van der Waals surface area contributed by atoms with Gasteiger partial charge in [-0.3, -0.25) is 0 Å². The highest BCUT2D eigenvalue weighted by Crippen LogP contribution is 2.41. The van der Waals surface area contributed by atoms with Gasteiger partial charge in [-0.25, -0.2) is 5.32 Å². The zero-order valence-electron chi connectivity index (χ0n) is 12.3. The summed E-state index contributed by atoms with van der Waals surface area (Å²) in [4.78, 5) is 0. The van der Waals surface area contributed by atoms with Crippen molar-refractivity contribution in [3.8, 4) is 0 Å². The van der Waals surface area contributed by atoms with Gasteiger partial charge in [0.1, 0.15) is 0 Å². The van der Waals surface area contributed by atoms with Crippen molar-refractivity contribution in [3.05, 3.63) is 0 Å². The van der Waals surface area contributed by atoms with Gasteiger partial charge in [0.25, 0.3) is 0 Å². The fraction of sp³-hybridized carbons (Fsp3) is 1.00. The van der Waals surface area contributed by atoms with Crippen molar-refractivity contribution in [3.63, 3.8) is 0 Å². The predicted octanol–water partition coefficient (Wildman–Crippen LogP) is 4.53. The van der Waals surface area contributed by atoms with Crippen LogP contribution in [0.3, 0.4) is 0 Å². The Hall–Kier alpha value is -0.0400. The Morgan fingerprint density at radius 3 is 1.53 bits per heavy atom. The molecule has 0 heterocycles. The molecule has 1 radical (unpaired) electrons. The van der Waals surface area contributed by atoms with Gasteiger partial charge in [-0.1, -0.05) is 39.5 Å². The molecule has 0 aliphatic heterocycles. The molecule has 2 saturated carbocycles. The van der Waals surface area contributed by atoms with Crippen LogP contribution in [0.15, 0.2) is 0 Å². The topological polar surface area (TPSA) is 14.1 Å². The summed E-state index contributed by atoms with van der Waals surface area (Å²) in [5.74, 6) is 1.56. The largest absolute Gasteiger partial charge is 0.229 e. The first-order valence-corrected chi connectivity index (χ1v) is 7.70. The molecule has 1 heteroatoms. The van der Waals surface area contributed by atoms with Crippen molar-refractivity contribution >= 4 is 0 Å². The summed E-state index contributed by atoms with van der Waals surface area (Å²) in [5.41, 5.74) is 0.525. The standard InChI is InChI=1S/C16H30N/c1-13-9-5-7-11-15(13,3)17-16(4)12-8-6-10-14(16)2/h13-14H,5-12H2,1-4H3. The molecule has 17 heavy (non-hydrogen) atoms. The maximum atomic E-state index is 5.42. The number of nitrogens with zero attached hydrogens (tertiary/aromatic N) is 1. The average Bonchev–Trinajstić information content (AvgIpc) is 2.27. The summed E-state index contributed by atoms with van der Waals surface area (Å²) in [6.07, 6.45) is 11.0. The van der Waals surface area contributed by atoms with Crippen LogP contribution in [0.2, 0.25) is 0 Å². The van der Waals surface area contributed by atoms with Crippen LogP contribution in [0.1, 0.15) is 79.1 Å². The molecule has 2 aliphatic rings. The highest BCUT2D eigenvalue weighted by Gasteiger charge is 2.43. The summed E-state index contributed by atoms with van der Waals surface area (Å²) in [6, 6.07) is 0. The van der Waals surface area contributed by atoms with Crippen LogP contribution in [0.25, 0.3) is 0 Å². The first-order chi connectivity index (χ1) is 7.96. The van der Waals surface area contributed by atoms with Gasteiger partial charge in [0, 0.05) is 11.1 Å². The van der Waals surface area contributed by atoms with Crippen LogP contribution in [0, 0.1) is 11.8 Å². The van der Waals surface area contributed by atoms with Crippen molar-refractivity contribution < 1.29 is 0 Å². The van der Waals surface area contributed by atoms with Gasteiger partial charge in [-0.15, -0.1) is 0 Å². The van der Waals surface area contributed by atoms with E-state index in [4.69, 9.17) is 5.32 Å². The van der Waals surface area contributed by atoms with Crippen molar-refractivity contribution in [2.75, 3.05) is 0 Å². The molecule has 2 rings (SSSR count). The fourth-order valence-electron chi connectivity index (χ4n) is 3.90. The lowest BCUT2D eigenvalue weighted by atomic mass is 9.69. The molecule has 0 N–H and O–H groups in total. The zero-order chi connectivity index (χ0) is 12.5. The Kier molecular flexibility index (Phi) is 3.87. The molecule has 2 fully saturated rings. The summed E-state index contributed by atoms with van der Waals surface area (Å²) in [5, 5.41) is 5.42. The van der Waals surface area contributed by atoms with E-state index in [1.807, 2.05) is 0 Å². The second kappa shape index (κ2) is 4.91. The smallest absolute Gasteiger partial charge is 0.0360 e. The lowest BCUT2D eigenvalue weighted by molar-refractivity contribution is 0.0655. The summed E-state index contributed by atoms with van der Waals surface area (Å²) >= 11 is 0. The van der Waals surface area contributed by atoms with Gasteiger partial charge in [-0.2, -0.15) is 0 Å². The number of rotatable bonds is 2. The van der Waals surface area contributed by atoms with Crippen LogP contribution in [0.5, 0.6) is 0 Å². The predicted molar refractivity (Wildman–Crippen MR) is 74.2 cm³/mol. The van der Waals surface area contributed by atoms with E-state index in [0.29, 0.717) is 0 Å². The zero-order valence-corrected chi connectivity index (χ0v) is 12.3. The van der Waals surface area contributed by atoms with Crippen LogP contribution in [-0.4, -0.2) is 11.1 Å². The molecular weight excluding hydrogens is 206 g/mol. The van der Waals surface area contributed by atoms with Crippen molar-refractivity contribution in [2.45, 2.75) is 90.1 Å². The molecule has 0 bridgehead atoms. The van der Waals surface area contributed by atoms with E-state index in [9.17, 15) is 0 Å². The van der Waals surface area contributed by atoms with E-state index < -0.39 is 0 Å². The summed E-state index contributed by atoms with van der Waals surface area (Å²) in [7, 11) is 0. The third-order valence-electron chi connectivity index (χ3n) is 5.77. The molecule has 2 aliphatic carbocycles. The fourth-order valence-corrected chi connectivity index (χ4v) is 3.90. The van der Waals surface area contributed by atoms with Crippen LogP contribution in [-0.2, 0) is 0 Å². The molecule has 0 saturated heterocycles. The van der Waals surface area contributed by atoms with Crippen molar-refractivity contribution in [2.24, 2.45) is 11.8 Å². The van der Waals surface area contributed by atoms with Crippen molar-refractivity contribution in [1.29, 1.82) is 0 Å². The Balaban J connectivity index is 2.07. The number of hydrogen-bond acceptors (Lipinski definition) is 0. The third kappa shape index (κ3) is 2.70. The molecule has 0 aromatic carbocycles. The molecule has 99 valence electrons. The maximum Gasteiger partial charge on any atom is 0.0360 e. The number of hydrogen-bond donors (Lipinski definition) is 0. The molecule has 0 aromatic rings. The van der Waals surface area contributed by atoms with Crippen molar-refractivity contribution in [1.82, 2.24) is 5.32 Å². The highest BCUT2D eigenvalue weighted by molar-refractivity contribution is 5.01. The SMILES string of the molecule is CC1CCCCC1(C)[N]C1(C)CCCCC1C. The minimum absolute atomic E-state index is 0.262. The van der Waals surface area contributed by atoms with E-state index in [0.717, 1.165) is 11.8 Å². The second-order valence-corrected chi connectivity index (χ2v) is 7.12. The van der Waals surface area contributed by atoms with E-state index in [1.54, 1.807) is 0 Å². The Morgan fingerprint density at radius 1 is 0.765 bits per heavy atom. The lowest BCUT2D eigenvalue weighted by Gasteiger charge is -2.49.